The Bertz CT molecular complexity index is 1770. The summed E-state index contributed by atoms with van der Waals surface area (Å²) in [4.78, 5) is 76.5. The second-order valence-electron chi connectivity index (χ2n) is 21.2. The lowest BCUT2D eigenvalue weighted by Gasteiger charge is -2.38. The molecule has 3 aliphatic heterocycles. The van der Waals surface area contributed by atoms with Gasteiger partial charge in [-0.05, 0) is 106 Å². The molecule has 0 aromatic heterocycles. The molecule has 3 amide bonds. The van der Waals surface area contributed by atoms with Gasteiger partial charge in [-0.15, -0.1) is 6.58 Å². The van der Waals surface area contributed by atoms with Crippen molar-refractivity contribution in [3.63, 3.8) is 0 Å². The fourth-order valence-electron chi connectivity index (χ4n) is 12.8. The van der Waals surface area contributed by atoms with Gasteiger partial charge in [0.15, 0.2) is 11.6 Å². The minimum atomic E-state index is -4.06. The number of nitrogens with one attached hydrogen (secondary N) is 2. The van der Waals surface area contributed by atoms with Crippen LogP contribution < -0.4 is 10.0 Å². The molecule has 2 N–H and O–H groups in total. The van der Waals surface area contributed by atoms with Gasteiger partial charge in [-0.3, -0.25) is 28.9 Å². The van der Waals surface area contributed by atoms with E-state index in [4.69, 9.17) is 0 Å². The Morgan fingerprint density at radius 2 is 1.48 bits per heavy atom. The summed E-state index contributed by atoms with van der Waals surface area (Å²) in [6.45, 7) is 16.3. The van der Waals surface area contributed by atoms with Crippen molar-refractivity contribution in [2.45, 2.75) is 162 Å². The van der Waals surface area contributed by atoms with Crippen molar-refractivity contribution in [1.82, 2.24) is 24.1 Å². The number of carbonyl (C=O) groups excluding carboxylic acids is 5. The summed E-state index contributed by atoms with van der Waals surface area (Å²) < 4.78 is 30.0. The molecule has 324 valence electrons. The summed E-state index contributed by atoms with van der Waals surface area (Å²) in [6.07, 6.45) is 14.5. The van der Waals surface area contributed by atoms with Crippen molar-refractivity contribution in [2.75, 3.05) is 33.2 Å². The van der Waals surface area contributed by atoms with Crippen molar-refractivity contribution in [3.05, 3.63) is 12.7 Å². The number of carbonyl (C=O) groups is 5. The Kier molecular flexibility index (Phi) is 11.7. The summed E-state index contributed by atoms with van der Waals surface area (Å²) >= 11 is 0. The van der Waals surface area contributed by atoms with E-state index in [1.54, 1.807) is 11.0 Å². The number of amides is 3. The second kappa shape index (κ2) is 15.7. The molecule has 3 saturated heterocycles. The normalized spacial score (nSPS) is 33.3. The monoisotopic (exact) mass is 826 g/mol. The smallest absolute Gasteiger partial charge is 0.303 e. The van der Waals surface area contributed by atoms with Crippen LogP contribution in [-0.2, 0) is 34.2 Å². The summed E-state index contributed by atoms with van der Waals surface area (Å²) in [5.74, 6) is -2.45. The maximum absolute atomic E-state index is 15.3. The SMILES string of the molecule is C=C[C@@H]1C[C@]1(CC(=O)[C@@H]1C[C@@]2(CN1C(=O)[C@@H](CC(=O)[C@@H](NC(=O)[C@@H]1CCCCN1C)C1CCCCC1)C(C)(C)C)C(C)(C)C21CCC1)C(=O)NS(=O)(=O)N1CCCC1. The van der Waals surface area contributed by atoms with Crippen LogP contribution >= 0.6 is 0 Å². The number of fused-ring (bicyclic) bond motifs is 1. The summed E-state index contributed by atoms with van der Waals surface area (Å²) in [5, 5.41) is 3.22. The van der Waals surface area contributed by atoms with E-state index in [1.165, 1.54) is 4.31 Å². The lowest BCUT2D eigenvalue weighted by molar-refractivity contribution is -0.147. The van der Waals surface area contributed by atoms with Gasteiger partial charge in [0.2, 0.25) is 17.7 Å². The number of rotatable bonds is 14. The van der Waals surface area contributed by atoms with Crippen molar-refractivity contribution >= 4 is 39.5 Å². The first kappa shape index (κ1) is 43.4. The first-order chi connectivity index (χ1) is 27.2. The highest BCUT2D eigenvalue weighted by atomic mass is 32.2. The first-order valence-electron chi connectivity index (χ1n) is 22.6. The number of nitrogens with zero attached hydrogens (tertiary/aromatic N) is 3. The number of piperidine rings is 1. The summed E-state index contributed by atoms with van der Waals surface area (Å²) in [6, 6.07) is -1.75. The molecule has 0 aromatic rings. The zero-order valence-electron chi connectivity index (χ0n) is 36.2. The number of hydrogen-bond acceptors (Lipinski definition) is 8. The molecule has 4 aliphatic carbocycles. The molecular weight excluding hydrogens is 755 g/mol. The Balaban J connectivity index is 1.15. The van der Waals surface area contributed by atoms with Gasteiger partial charge in [-0.1, -0.05) is 72.8 Å². The van der Waals surface area contributed by atoms with Crippen LogP contribution in [0.3, 0.4) is 0 Å². The number of Topliss-reactive ketones (excluding diaryl/α,β-unsaturated/α-hetero) is 2. The van der Waals surface area contributed by atoms with E-state index < -0.39 is 44.9 Å². The van der Waals surface area contributed by atoms with Crippen molar-refractivity contribution < 1.29 is 32.4 Å². The molecule has 13 heteroatoms. The lowest BCUT2D eigenvalue weighted by atomic mass is 9.73. The van der Waals surface area contributed by atoms with Crippen LogP contribution in [0.2, 0.25) is 0 Å². The summed E-state index contributed by atoms with van der Waals surface area (Å²) in [5.41, 5.74) is -2.21. The van der Waals surface area contributed by atoms with Crippen LogP contribution in [0.25, 0.3) is 0 Å². The third-order valence-electron chi connectivity index (χ3n) is 17.0. The van der Waals surface area contributed by atoms with Crippen LogP contribution in [-0.4, -0.2) is 103 Å². The van der Waals surface area contributed by atoms with E-state index >= 15 is 4.79 Å². The third kappa shape index (κ3) is 7.32. The van der Waals surface area contributed by atoms with Crippen LogP contribution in [0.4, 0.5) is 0 Å². The molecule has 7 rings (SSSR count). The zero-order valence-corrected chi connectivity index (χ0v) is 37.0. The molecule has 7 atom stereocenters. The van der Waals surface area contributed by atoms with Gasteiger partial charge in [-0.2, -0.15) is 12.7 Å². The van der Waals surface area contributed by atoms with Gasteiger partial charge in [0.25, 0.3) is 0 Å². The fraction of sp³-hybridized carbons (Fsp3) is 0.844. The van der Waals surface area contributed by atoms with E-state index in [-0.39, 0.29) is 70.3 Å². The third-order valence-corrected chi connectivity index (χ3v) is 18.5. The second-order valence-corrected chi connectivity index (χ2v) is 22.9. The average molecular weight is 826 g/mol. The minimum absolute atomic E-state index is 0.0119. The molecule has 7 aliphatic rings. The molecule has 7 fully saturated rings. The minimum Gasteiger partial charge on any atom is -0.345 e. The first-order valence-corrected chi connectivity index (χ1v) is 24.0. The largest absolute Gasteiger partial charge is 0.345 e. The van der Waals surface area contributed by atoms with Gasteiger partial charge < -0.3 is 10.2 Å². The molecule has 0 unspecified atom stereocenters. The predicted octanol–water partition coefficient (Wildman–Crippen LogP) is 5.56. The molecule has 0 aromatic carbocycles. The number of likely N-dealkylation sites (N-methyl/N-ethyl adjacent to an activating group) is 1. The van der Waals surface area contributed by atoms with Gasteiger partial charge >= 0.3 is 10.2 Å². The van der Waals surface area contributed by atoms with Gasteiger partial charge in [0.05, 0.1) is 23.5 Å². The molecule has 58 heavy (non-hydrogen) atoms. The highest BCUT2D eigenvalue weighted by molar-refractivity contribution is 7.87. The maximum Gasteiger partial charge on any atom is 0.303 e. The maximum atomic E-state index is 15.3. The van der Waals surface area contributed by atoms with Gasteiger partial charge in [-0.25, -0.2) is 4.72 Å². The van der Waals surface area contributed by atoms with Crippen LogP contribution in [0.5, 0.6) is 0 Å². The van der Waals surface area contributed by atoms with Crippen LogP contribution in [0.1, 0.15) is 144 Å². The van der Waals surface area contributed by atoms with Crippen molar-refractivity contribution in [3.8, 4) is 0 Å². The molecular formula is C45H71N5O7S. The quantitative estimate of drug-likeness (QED) is 0.216. The van der Waals surface area contributed by atoms with Gasteiger partial charge in [0.1, 0.15) is 0 Å². The van der Waals surface area contributed by atoms with Crippen molar-refractivity contribution in [1.29, 1.82) is 0 Å². The molecule has 3 heterocycles. The van der Waals surface area contributed by atoms with E-state index in [0.717, 1.165) is 90.0 Å². The number of ketones is 2. The van der Waals surface area contributed by atoms with Crippen LogP contribution in [0, 0.1) is 44.8 Å². The number of likely N-dealkylation sites (tertiary alicyclic amines) is 2. The van der Waals surface area contributed by atoms with Gasteiger partial charge in [0, 0.05) is 43.8 Å². The highest BCUT2D eigenvalue weighted by Crippen LogP contribution is 2.88. The molecule has 12 nitrogen and oxygen atoms in total. The molecule has 4 saturated carbocycles. The Hall–Kier alpha value is -2.64. The zero-order chi connectivity index (χ0) is 42.1. The van der Waals surface area contributed by atoms with E-state index in [9.17, 15) is 27.6 Å². The average Bonchev–Trinajstić information content (AvgIpc) is 3.61. The standard InChI is InChI=1S/C45H71N5O7S/c1-8-31-26-43(31,40(55)47-58(56,57)49-23-14-15-24-49)28-36(52)34-27-45(42(5,6)44(45)20-16-21-44)29-50(34)39(54)32(41(2,3)4)25-35(51)37(30-17-10-9-11-18-30)46-38(53)33-19-12-13-22-48(33)7/h8,30-34,37H,1,9-29H2,2-7H3,(H,46,53)(H,47,55)/t31-,32-,33+,34+,37+,43-,45-/m1/s1. The number of hydrogen-bond donors (Lipinski definition) is 2. The Labute approximate surface area is 347 Å². The molecule has 0 bridgehead atoms. The molecule has 2 spiro atoms. The van der Waals surface area contributed by atoms with Crippen molar-refractivity contribution in [2.24, 2.45) is 44.8 Å². The number of allylic oxidation sites excluding steroid dienone is 1. The van der Waals surface area contributed by atoms with Crippen LogP contribution in [0.15, 0.2) is 12.7 Å². The predicted molar refractivity (Wildman–Crippen MR) is 222 cm³/mol. The van der Waals surface area contributed by atoms with E-state index in [1.807, 2.05) is 27.8 Å². The van der Waals surface area contributed by atoms with E-state index in [2.05, 4.69) is 35.4 Å². The lowest BCUT2D eigenvalue weighted by Crippen LogP contribution is -2.55. The van der Waals surface area contributed by atoms with E-state index in [0.29, 0.717) is 32.5 Å². The fourth-order valence-corrected chi connectivity index (χ4v) is 14.1. The Morgan fingerprint density at radius 1 is 0.845 bits per heavy atom. The highest BCUT2D eigenvalue weighted by Gasteiger charge is 2.85. The topological polar surface area (TPSA) is 153 Å². The molecule has 0 radical (unpaired) electrons. The summed E-state index contributed by atoms with van der Waals surface area (Å²) in [7, 11) is -2.09. The Morgan fingerprint density at radius 3 is 2.03 bits per heavy atom.